The summed E-state index contributed by atoms with van der Waals surface area (Å²) in [5.41, 5.74) is 2.75. The first-order valence-electron chi connectivity index (χ1n) is 6.81. The van der Waals surface area contributed by atoms with Gasteiger partial charge in [0, 0.05) is 24.9 Å². The standard InChI is InChI=1S/C15H13N7/c1-21-9-12(8-17-21)19-14-7-13(11-5-3-2-4-6-11)20-15-16-10-18-22(14)15/h2-10,19H,1H3. The molecule has 4 aromatic rings. The van der Waals surface area contributed by atoms with Gasteiger partial charge in [0.15, 0.2) is 0 Å². The van der Waals surface area contributed by atoms with E-state index in [2.05, 4.69) is 25.5 Å². The molecule has 0 aliphatic heterocycles. The molecule has 3 heterocycles. The maximum Gasteiger partial charge on any atom is 0.254 e. The van der Waals surface area contributed by atoms with Crippen molar-refractivity contribution < 1.29 is 0 Å². The van der Waals surface area contributed by atoms with Gasteiger partial charge in [0.2, 0.25) is 0 Å². The quantitative estimate of drug-likeness (QED) is 0.627. The van der Waals surface area contributed by atoms with Crippen LogP contribution in [0.3, 0.4) is 0 Å². The number of rotatable bonds is 3. The van der Waals surface area contributed by atoms with Crippen molar-refractivity contribution in [3.05, 3.63) is 55.1 Å². The SMILES string of the molecule is Cn1cc(Nc2cc(-c3ccccc3)nc3ncnn23)cn1. The van der Waals surface area contributed by atoms with Crippen molar-refractivity contribution in [3.63, 3.8) is 0 Å². The Hall–Kier alpha value is -3.22. The van der Waals surface area contributed by atoms with E-state index in [9.17, 15) is 0 Å². The minimum Gasteiger partial charge on any atom is -0.337 e. The van der Waals surface area contributed by atoms with Gasteiger partial charge in [-0.25, -0.2) is 4.98 Å². The van der Waals surface area contributed by atoms with Crippen molar-refractivity contribution in [2.24, 2.45) is 7.05 Å². The van der Waals surface area contributed by atoms with Crippen LogP contribution in [0.15, 0.2) is 55.1 Å². The topological polar surface area (TPSA) is 72.9 Å². The summed E-state index contributed by atoms with van der Waals surface area (Å²) in [6, 6.07) is 11.9. The molecule has 0 atom stereocenters. The predicted octanol–water partition coefficient (Wildman–Crippen LogP) is 2.27. The molecule has 108 valence electrons. The zero-order chi connectivity index (χ0) is 14.9. The fraction of sp³-hybridized carbons (Fsp3) is 0.0667. The lowest BCUT2D eigenvalue weighted by atomic mass is 10.1. The average Bonchev–Trinajstić information content (AvgIpc) is 3.17. The van der Waals surface area contributed by atoms with E-state index in [-0.39, 0.29) is 0 Å². The molecule has 22 heavy (non-hydrogen) atoms. The Bertz CT molecular complexity index is 923. The Morgan fingerprint density at radius 1 is 1.09 bits per heavy atom. The highest BCUT2D eigenvalue weighted by Crippen LogP contribution is 2.23. The van der Waals surface area contributed by atoms with E-state index in [4.69, 9.17) is 0 Å². The molecule has 0 saturated heterocycles. The van der Waals surface area contributed by atoms with Crippen molar-refractivity contribution in [2.75, 3.05) is 5.32 Å². The van der Waals surface area contributed by atoms with Crippen molar-refractivity contribution in [3.8, 4) is 11.3 Å². The summed E-state index contributed by atoms with van der Waals surface area (Å²) in [7, 11) is 1.87. The van der Waals surface area contributed by atoms with Crippen LogP contribution in [0.5, 0.6) is 0 Å². The van der Waals surface area contributed by atoms with Gasteiger partial charge in [0.05, 0.1) is 17.6 Å². The van der Waals surface area contributed by atoms with Crippen LogP contribution in [0.4, 0.5) is 11.5 Å². The summed E-state index contributed by atoms with van der Waals surface area (Å²) < 4.78 is 3.40. The van der Waals surface area contributed by atoms with E-state index >= 15 is 0 Å². The van der Waals surface area contributed by atoms with Gasteiger partial charge in [-0.15, -0.1) is 0 Å². The third-order valence-electron chi connectivity index (χ3n) is 3.30. The number of aromatic nitrogens is 6. The fourth-order valence-corrected chi connectivity index (χ4v) is 2.29. The summed E-state index contributed by atoms with van der Waals surface area (Å²) in [6.45, 7) is 0. The number of fused-ring (bicyclic) bond motifs is 1. The van der Waals surface area contributed by atoms with Crippen molar-refractivity contribution in [1.29, 1.82) is 0 Å². The van der Waals surface area contributed by atoms with Crippen LogP contribution in [0.2, 0.25) is 0 Å². The minimum atomic E-state index is 0.549. The average molecular weight is 291 g/mol. The molecule has 3 aromatic heterocycles. The largest absolute Gasteiger partial charge is 0.337 e. The van der Waals surface area contributed by atoms with E-state index < -0.39 is 0 Å². The van der Waals surface area contributed by atoms with Crippen LogP contribution in [-0.2, 0) is 7.05 Å². The van der Waals surface area contributed by atoms with Crippen molar-refractivity contribution >= 4 is 17.3 Å². The minimum absolute atomic E-state index is 0.549. The predicted molar refractivity (Wildman–Crippen MR) is 82.7 cm³/mol. The van der Waals surface area contributed by atoms with Crippen molar-refractivity contribution in [2.45, 2.75) is 0 Å². The zero-order valence-electron chi connectivity index (χ0n) is 11.9. The third kappa shape index (κ3) is 2.18. The highest BCUT2D eigenvalue weighted by Gasteiger charge is 2.10. The number of hydrogen-bond donors (Lipinski definition) is 1. The third-order valence-corrected chi connectivity index (χ3v) is 3.30. The van der Waals surface area contributed by atoms with Gasteiger partial charge in [-0.1, -0.05) is 30.3 Å². The lowest BCUT2D eigenvalue weighted by Crippen LogP contribution is -2.02. The van der Waals surface area contributed by atoms with E-state index in [1.807, 2.05) is 49.6 Å². The highest BCUT2D eigenvalue weighted by atomic mass is 15.4. The molecule has 0 saturated carbocycles. The smallest absolute Gasteiger partial charge is 0.254 e. The fourth-order valence-electron chi connectivity index (χ4n) is 2.29. The van der Waals surface area contributed by atoms with E-state index in [1.165, 1.54) is 6.33 Å². The zero-order valence-corrected chi connectivity index (χ0v) is 11.9. The van der Waals surface area contributed by atoms with Crippen LogP contribution in [0.25, 0.3) is 17.0 Å². The molecule has 1 N–H and O–H groups in total. The number of aryl methyl sites for hydroxylation is 1. The Balaban J connectivity index is 1.84. The summed E-state index contributed by atoms with van der Waals surface area (Å²) in [5, 5.41) is 11.7. The van der Waals surface area contributed by atoms with Gasteiger partial charge in [0.1, 0.15) is 12.1 Å². The number of nitrogens with one attached hydrogen (secondary N) is 1. The first-order valence-corrected chi connectivity index (χ1v) is 6.81. The molecule has 0 unspecified atom stereocenters. The first-order chi connectivity index (χ1) is 10.8. The van der Waals surface area contributed by atoms with Crippen molar-refractivity contribution in [1.82, 2.24) is 29.4 Å². The Morgan fingerprint density at radius 2 is 1.95 bits per heavy atom. The van der Waals surface area contributed by atoms with Crippen LogP contribution in [0.1, 0.15) is 0 Å². The Kier molecular flexibility index (Phi) is 2.82. The second kappa shape index (κ2) is 4.96. The molecule has 0 fully saturated rings. The monoisotopic (exact) mass is 291 g/mol. The van der Waals surface area contributed by atoms with Crippen LogP contribution >= 0.6 is 0 Å². The van der Waals surface area contributed by atoms with Crippen LogP contribution in [0, 0.1) is 0 Å². The molecule has 7 heteroatoms. The Labute approximate surface area is 126 Å². The number of hydrogen-bond acceptors (Lipinski definition) is 5. The molecule has 0 radical (unpaired) electrons. The van der Waals surface area contributed by atoms with E-state index in [0.29, 0.717) is 5.78 Å². The van der Waals surface area contributed by atoms with E-state index in [1.54, 1.807) is 15.4 Å². The summed E-state index contributed by atoms with van der Waals surface area (Å²) in [4.78, 5) is 8.73. The number of anilines is 2. The van der Waals surface area contributed by atoms with E-state index in [0.717, 1.165) is 22.8 Å². The van der Waals surface area contributed by atoms with Gasteiger partial charge in [-0.2, -0.15) is 19.7 Å². The summed E-state index contributed by atoms with van der Waals surface area (Å²) in [6.07, 6.45) is 5.14. The maximum atomic E-state index is 4.54. The number of benzene rings is 1. The highest BCUT2D eigenvalue weighted by molar-refractivity contribution is 5.67. The van der Waals surface area contributed by atoms with Gasteiger partial charge >= 0.3 is 0 Å². The second-order valence-corrected chi connectivity index (χ2v) is 4.89. The molecule has 0 aliphatic rings. The van der Waals surface area contributed by atoms with Gasteiger partial charge in [0.25, 0.3) is 5.78 Å². The lowest BCUT2D eigenvalue weighted by Gasteiger charge is -2.08. The molecule has 0 spiro atoms. The molecular weight excluding hydrogens is 278 g/mol. The normalized spacial score (nSPS) is 11.0. The molecule has 0 amide bonds. The maximum absolute atomic E-state index is 4.54. The van der Waals surface area contributed by atoms with Gasteiger partial charge < -0.3 is 5.32 Å². The van der Waals surface area contributed by atoms with Gasteiger partial charge in [-0.05, 0) is 0 Å². The van der Waals surface area contributed by atoms with Crippen LogP contribution in [-0.4, -0.2) is 29.4 Å². The summed E-state index contributed by atoms with van der Waals surface area (Å²) >= 11 is 0. The molecule has 0 bridgehead atoms. The Morgan fingerprint density at radius 3 is 2.73 bits per heavy atom. The number of nitrogens with zero attached hydrogens (tertiary/aromatic N) is 6. The lowest BCUT2D eigenvalue weighted by molar-refractivity contribution is 0.768. The molecular formula is C15H13N7. The molecule has 0 aliphatic carbocycles. The van der Waals surface area contributed by atoms with Crippen LogP contribution < -0.4 is 5.32 Å². The first kappa shape index (κ1) is 12.5. The molecule has 4 rings (SSSR count). The molecule has 1 aromatic carbocycles. The molecule has 7 nitrogen and oxygen atoms in total. The second-order valence-electron chi connectivity index (χ2n) is 4.89. The summed E-state index contributed by atoms with van der Waals surface area (Å²) in [5.74, 6) is 1.34. The van der Waals surface area contributed by atoms with Gasteiger partial charge in [-0.3, -0.25) is 4.68 Å².